The summed E-state index contributed by atoms with van der Waals surface area (Å²) in [6.45, 7) is 0. The zero-order valence-corrected chi connectivity index (χ0v) is 14.3. The van der Waals surface area contributed by atoms with Gasteiger partial charge in [-0.15, -0.1) is 11.8 Å². The molecule has 2 heterocycles. The maximum Gasteiger partial charge on any atom is 0.272 e. The summed E-state index contributed by atoms with van der Waals surface area (Å²) < 4.78 is 28.4. The SMILES string of the molecule is O=c1cc(CSc2cccc(F)c2F)nc2cc(C3CCCC3)[nH]n12. The molecule has 2 aromatic heterocycles. The summed E-state index contributed by atoms with van der Waals surface area (Å²) in [5, 5.41) is 3.15. The molecule has 0 amide bonds. The van der Waals surface area contributed by atoms with Gasteiger partial charge in [-0.05, 0) is 25.0 Å². The molecule has 25 heavy (non-hydrogen) atoms. The van der Waals surface area contributed by atoms with Crippen molar-refractivity contribution in [1.82, 2.24) is 14.6 Å². The van der Waals surface area contributed by atoms with Crippen molar-refractivity contribution in [2.45, 2.75) is 42.2 Å². The van der Waals surface area contributed by atoms with E-state index in [1.54, 1.807) is 0 Å². The van der Waals surface area contributed by atoms with Crippen LogP contribution >= 0.6 is 11.8 Å². The number of benzene rings is 1. The first-order valence-electron chi connectivity index (χ1n) is 8.30. The van der Waals surface area contributed by atoms with E-state index < -0.39 is 11.6 Å². The van der Waals surface area contributed by atoms with Gasteiger partial charge in [-0.2, -0.15) is 0 Å². The van der Waals surface area contributed by atoms with Crippen LogP contribution in [0.1, 0.15) is 43.0 Å². The summed E-state index contributed by atoms with van der Waals surface area (Å²) in [5.41, 5.74) is 1.98. The predicted octanol–water partition coefficient (Wildman–Crippen LogP) is 4.25. The van der Waals surface area contributed by atoms with Gasteiger partial charge < -0.3 is 0 Å². The number of H-pyrrole nitrogens is 1. The second kappa shape index (κ2) is 6.63. The third-order valence-corrected chi connectivity index (χ3v) is 5.68. The van der Waals surface area contributed by atoms with Crippen LogP contribution in [0.3, 0.4) is 0 Å². The van der Waals surface area contributed by atoms with Gasteiger partial charge in [-0.3, -0.25) is 9.89 Å². The highest BCUT2D eigenvalue weighted by molar-refractivity contribution is 7.98. The molecule has 0 saturated heterocycles. The van der Waals surface area contributed by atoms with Gasteiger partial charge in [0.1, 0.15) is 0 Å². The summed E-state index contributed by atoms with van der Waals surface area (Å²) in [6, 6.07) is 7.43. The van der Waals surface area contributed by atoms with Gasteiger partial charge >= 0.3 is 0 Å². The van der Waals surface area contributed by atoms with Crippen molar-refractivity contribution in [2.75, 3.05) is 0 Å². The van der Waals surface area contributed by atoms with E-state index >= 15 is 0 Å². The van der Waals surface area contributed by atoms with Gasteiger partial charge in [0.2, 0.25) is 0 Å². The first kappa shape index (κ1) is 16.3. The van der Waals surface area contributed by atoms with Crippen molar-refractivity contribution in [1.29, 1.82) is 0 Å². The molecule has 3 aromatic rings. The van der Waals surface area contributed by atoms with Gasteiger partial charge in [0.15, 0.2) is 17.3 Å². The van der Waals surface area contributed by atoms with E-state index in [9.17, 15) is 13.6 Å². The van der Waals surface area contributed by atoms with Crippen molar-refractivity contribution in [2.24, 2.45) is 0 Å². The summed E-state index contributed by atoms with van der Waals surface area (Å²) >= 11 is 1.13. The number of nitrogens with zero attached hydrogens (tertiary/aromatic N) is 2. The summed E-state index contributed by atoms with van der Waals surface area (Å²) in [6.07, 6.45) is 4.68. The van der Waals surface area contributed by atoms with E-state index in [0.717, 1.165) is 36.4 Å². The molecule has 1 N–H and O–H groups in total. The van der Waals surface area contributed by atoms with Gasteiger partial charge in [-0.1, -0.05) is 18.9 Å². The average Bonchev–Trinajstić information content (AvgIpc) is 3.25. The second-order valence-electron chi connectivity index (χ2n) is 6.31. The van der Waals surface area contributed by atoms with Crippen LogP contribution in [-0.4, -0.2) is 14.6 Å². The highest BCUT2D eigenvalue weighted by atomic mass is 32.2. The molecule has 0 unspecified atom stereocenters. The largest absolute Gasteiger partial charge is 0.293 e. The first-order chi connectivity index (χ1) is 12.1. The third kappa shape index (κ3) is 3.20. The number of aromatic nitrogens is 3. The Hall–Kier alpha value is -2.15. The fraction of sp³-hybridized carbons (Fsp3) is 0.333. The Kier molecular flexibility index (Phi) is 4.33. The van der Waals surface area contributed by atoms with E-state index in [1.165, 1.54) is 35.6 Å². The Morgan fingerprint density at radius 1 is 1.24 bits per heavy atom. The maximum absolute atomic E-state index is 13.7. The van der Waals surface area contributed by atoms with E-state index in [-0.39, 0.29) is 10.5 Å². The fourth-order valence-electron chi connectivity index (χ4n) is 3.33. The molecule has 0 radical (unpaired) electrons. The van der Waals surface area contributed by atoms with Gasteiger partial charge in [0.05, 0.1) is 5.69 Å². The number of thioether (sulfide) groups is 1. The standard InChI is InChI=1S/C18H17F2N3OS/c19-13-6-3-7-15(18(13)20)25-10-12-8-17(24)23-16(21-12)9-14(22-23)11-4-1-2-5-11/h3,6-9,11,22H,1-2,4-5,10H2. The number of hydrogen-bond donors (Lipinski definition) is 1. The molecule has 4 nitrogen and oxygen atoms in total. The number of rotatable bonds is 4. The highest BCUT2D eigenvalue weighted by Gasteiger charge is 2.20. The minimum Gasteiger partial charge on any atom is -0.293 e. The smallest absolute Gasteiger partial charge is 0.272 e. The van der Waals surface area contributed by atoms with Crippen molar-refractivity contribution in [3.8, 4) is 0 Å². The van der Waals surface area contributed by atoms with Crippen LogP contribution in [0.25, 0.3) is 5.65 Å². The second-order valence-corrected chi connectivity index (χ2v) is 7.33. The molecule has 130 valence electrons. The Morgan fingerprint density at radius 2 is 2.04 bits per heavy atom. The van der Waals surface area contributed by atoms with Crippen molar-refractivity contribution < 1.29 is 8.78 Å². The monoisotopic (exact) mass is 361 g/mol. The molecule has 1 fully saturated rings. The third-order valence-electron chi connectivity index (χ3n) is 4.61. The Morgan fingerprint density at radius 3 is 2.84 bits per heavy atom. The lowest BCUT2D eigenvalue weighted by Gasteiger charge is -2.04. The van der Waals surface area contributed by atoms with Gasteiger partial charge in [0, 0.05) is 34.4 Å². The quantitative estimate of drug-likeness (QED) is 0.707. The molecule has 0 aliphatic heterocycles. The molecule has 7 heteroatoms. The fourth-order valence-corrected chi connectivity index (χ4v) is 4.18. The lowest BCUT2D eigenvalue weighted by atomic mass is 10.1. The molecular weight excluding hydrogens is 344 g/mol. The van der Waals surface area contributed by atoms with Crippen LogP contribution in [0, 0.1) is 11.6 Å². The number of hydrogen-bond acceptors (Lipinski definition) is 3. The van der Waals surface area contributed by atoms with Crippen molar-refractivity contribution >= 4 is 17.4 Å². The van der Waals surface area contributed by atoms with E-state index in [2.05, 4.69) is 10.1 Å². The highest BCUT2D eigenvalue weighted by Crippen LogP contribution is 2.33. The Labute approximate surface area is 147 Å². The van der Waals surface area contributed by atoms with Crippen LogP contribution in [0.15, 0.2) is 40.0 Å². The summed E-state index contributed by atoms with van der Waals surface area (Å²) in [4.78, 5) is 17.0. The lowest BCUT2D eigenvalue weighted by Crippen LogP contribution is -2.15. The van der Waals surface area contributed by atoms with Crippen LogP contribution in [0.2, 0.25) is 0 Å². The number of fused-ring (bicyclic) bond motifs is 1. The molecule has 4 rings (SSSR count). The molecule has 0 atom stereocenters. The summed E-state index contributed by atoms with van der Waals surface area (Å²) in [7, 11) is 0. The molecule has 0 spiro atoms. The number of nitrogens with one attached hydrogen (secondary N) is 1. The average molecular weight is 361 g/mol. The van der Waals surface area contributed by atoms with Crippen LogP contribution in [-0.2, 0) is 5.75 Å². The first-order valence-corrected chi connectivity index (χ1v) is 9.29. The van der Waals surface area contributed by atoms with Crippen LogP contribution in [0.5, 0.6) is 0 Å². The minimum atomic E-state index is -0.875. The van der Waals surface area contributed by atoms with Gasteiger partial charge in [0.25, 0.3) is 5.56 Å². The van der Waals surface area contributed by atoms with E-state index in [4.69, 9.17) is 0 Å². The van der Waals surface area contributed by atoms with Crippen molar-refractivity contribution in [3.63, 3.8) is 0 Å². The minimum absolute atomic E-state index is 0.190. The molecule has 0 bridgehead atoms. The van der Waals surface area contributed by atoms with E-state index in [0.29, 0.717) is 23.0 Å². The predicted molar refractivity (Wildman–Crippen MR) is 92.9 cm³/mol. The zero-order chi connectivity index (χ0) is 17.4. The molecular formula is C18H17F2N3OS. The van der Waals surface area contributed by atoms with Crippen LogP contribution in [0.4, 0.5) is 8.78 Å². The zero-order valence-electron chi connectivity index (χ0n) is 13.5. The molecule has 1 aliphatic rings. The molecule has 1 saturated carbocycles. The topological polar surface area (TPSA) is 50.2 Å². The Bertz CT molecular complexity index is 976. The molecule has 1 aromatic carbocycles. The van der Waals surface area contributed by atoms with Crippen molar-refractivity contribution in [3.05, 3.63) is 63.7 Å². The van der Waals surface area contributed by atoms with Gasteiger partial charge in [-0.25, -0.2) is 18.3 Å². The number of aromatic amines is 1. The van der Waals surface area contributed by atoms with Crippen LogP contribution < -0.4 is 5.56 Å². The Balaban J connectivity index is 1.59. The lowest BCUT2D eigenvalue weighted by molar-refractivity contribution is 0.491. The molecule has 1 aliphatic carbocycles. The van der Waals surface area contributed by atoms with E-state index in [1.807, 2.05) is 6.07 Å². The number of halogens is 2. The maximum atomic E-state index is 13.7. The normalized spacial score (nSPS) is 15.3. The summed E-state index contributed by atoms with van der Waals surface area (Å²) in [5.74, 6) is -0.980.